The average Bonchev–Trinajstić information content (AvgIpc) is 2.37. The Balaban J connectivity index is 3.00. The van der Waals surface area contributed by atoms with Crippen molar-refractivity contribution in [2.24, 2.45) is 0 Å². The van der Waals surface area contributed by atoms with Crippen LogP contribution in [-0.4, -0.2) is 28.7 Å². The first-order chi connectivity index (χ1) is 8.69. The summed E-state index contributed by atoms with van der Waals surface area (Å²) in [6.07, 6.45) is 0. The van der Waals surface area contributed by atoms with Crippen molar-refractivity contribution in [3.8, 4) is 0 Å². The van der Waals surface area contributed by atoms with Crippen LogP contribution in [0, 0.1) is 3.57 Å². The van der Waals surface area contributed by atoms with Crippen LogP contribution in [0.4, 0.5) is 0 Å². The van der Waals surface area contributed by atoms with Crippen LogP contribution in [0.25, 0.3) is 0 Å². The Morgan fingerprint density at radius 2 is 1.50 bits per heavy atom. The third kappa shape index (κ3) is 4.56. The van der Waals surface area contributed by atoms with Gasteiger partial charge in [0.15, 0.2) is 3.51 Å². The molecule has 4 nitrogen and oxygen atoms in total. The summed E-state index contributed by atoms with van der Waals surface area (Å²) >= 11 is -0.877. The molecule has 0 saturated carbocycles. The molecule has 0 fully saturated rings. The Morgan fingerprint density at radius 3 is 1.94 bits per heavy atom. The largest absolute Gasteiger partial charge is 0.462 e. The van der Waals surface area contributed by atoms with E-state index in [2.05, 4.69) is 0 Å². The van der Waals surface area contributed by atoms with Gasteiger partial charge in [0.05, 0.1) is 13.2 Å². The summed E-state index contributed by atoms with van der Waals surface area (Å²) < 4.78 is 10.9. The number of benzene rings is 1. The highest BCUT2D eigenvalue weighted by Gasteiger charge is 2.21. The minimum Gasteiger partial charge on any atom is -0.462 e. The molecule has 0 aliphatic heterocycles. The number of rotatable bonds is 5. The van der Waals surface area contributed by atoms with E-state index in [1.54, 1.807) is 13.8 Å². The summed E-state index contributed by atoms with van der Waals surface area (Å²) in [6, 6.07) is 9.44. The molecule has 0 atom stereocenters. The van der Waals surface area contributed by atoms with Gasteiger partial charge in [0, 0.05) is 3.57 Å². The number of esters is 2. The smallest absolute Gasteiger partial charge is 0.351 e. The standard InChI is InChI=1S/C13H15IO4/c1-3-17-12(15)11(13(16)18-4-2)14-10-8-6-5-7-9-10/h5-9H,3-4H2,1-2H3. The normalized spacial score (nSPS) is 9.67. The van der Waals surface area contributed by atoms with E-state index in [1.807, 2.05) is 30.3 Å². The quantitative estimate of drug-likeness (QED) is 0.458. The molecule has 0 heterocycles. The maximum absolute atomic E-state index is 11.7. The van der Waals surface area contributed by atoms with Gasteiger partial charge in [-0.05, 0) is 26.0 Å². The van der Waals surface area contributed by atoms with Crippen molar-refractivity contribution >= 4 is 36.2 Å². The lowest BCUT2D eigenvalue weighted by Crippen LogP contribution is -2.26. The first-order valence-corrected chi connectivity index (χ1v) is 7.75. The van der Waals surface area contributed by atoms with E-state index in [0.717, 1.165) is 3.57 Å². The van der Waals surface area contributed by atoms with Crippen molar-refractivity contribution in [1.82, 2.24) is 0 Å². The Morgan fingerprint density at radius 1 is 1.00 bits per heavy atom. The lowest BCUT2D eigenvalue weighted by atomic mass is 10.4. The molecule has 0 N–H and O–H groups in total. The first-order valence-electron chi connectivity index (χ1n) is 5.60. The lowest BCUT2D eigenvalue weighted by Gasteiger charge is -2.05. The van der Waals surface area contributed by atoms with Gasteiger partial charge in [-0.2, -0.15) is 0 Å². The van der Waals surface area contributed by atoms with Gasteiger partial charge < -0.3 is 9.47 Å². The van der Waals surface area contributed by atoms with Crippen LogP contribution in [-0.2, 0) is 19.1 Å². The summed E-state index contributed by atoms with van der Waals surface area (Å²) in [5.74, 6) is -1.12. The molecule has 1 rings (SSSR count). The minimum atomic E-state index is -0.877. The molecule has 0 spiro atoms. The fourth-order valence-corrected chi connectivity index (χ4v) is 3.29. The molecule has 0 aliphatic rings. The second kappa shape index (κ2) is 7.97. The van der Waals surface area contributed by atoms with Gasteiger partial charge in [-0.1, -0.05) is 38.9 Å². The fourth-order valence-electron chi connectivity index (χ4n) is 1.14. The van der Waals surface area contributed by atoms with E-state index >= 15 is 0 Å². The third-order valence-electron chi connectivity index (χ3n) is 1.85. The van der Waals surface area contributed by atoms with E-state index in [4.69, 9.17) is 9.47 Å². The molecule has 1 aromatic rings. The number of halogens is 1. The summed E-state index contributed by atoms with van der Waals surface area (Å²) in [5, 5.41) is 0. The molecule has 0 aliphatic carbocycles. The van der Waals surface area contributed by atoms with Gasteiger partial charge in [-0.15, -0.1) is 0 Å². The van der Waals surface area contributed by atoms with Gasteiger partial charge >= 0.3 is 11.9 Å². The number of hydrogen-bond acceptors (Lipinski definition) is 4. The predicted molar refractivity (Wildman–Crippen MR) is 77.4 cm³/mol. The summed E-state index contributed by atoms with van der Waals surface area (Å²) in [6.45, 7) is 3.92. The van der Waals surface area contributed by atoms with Crippen molar-refractivity contribution in [2.45, 2.75) is 13.8 Å². The average molecular weight is 362 g/mol. The van der Waals surface area contributed by atoms with Crippen molar-refractivity contribution in [3.05, 3.63) is 33.9 Å². The van der Waals surface area contributed by atoms with Crippen LogP contribution >= 0.6 is 20.7 Å². The molecule has 0 saturated heterocycles. The van der Waals surface area contributed by atoms with E-state index in [9.17, 15) is 9.59 Å². The Labute approximate surface area is 116 Å². The molecule has 0 unspecified atom stereocenters. The second-order valence-electron chi connectivity index (χ2n) is 3.14. The van der Waals surface area contributed by atoms with Crippen LogP contribution in [0.2, 0.25) is 0 Å². The summed E-state index contributed by atoms with van der Waals surface area (Å²) in [5.41, 5.74) is 0. The van der Waals surface area contributed by atoms with Crippen LogP contribution in [0.1, 0.15) is 13.8 Å². The van der Waals surface area contributed by atoms with E-state index in [-0.39, 0.29) is 16.7 Å². The number of hydrogen-bond donors (Lipinski definition) is 0. The molecule has 0 aromatic heterocycles. The van der Waals surface area contributed by atoms with Crippen molar-refractivity contribution in [1.29, 1.82) is 0 Å². The SMILES string of the molecule is CCOC(=O)C(=Ic1ccccc1)C(=O)OCC. The fraction of sp³-hybridized carbons (Fsp3) is 0.308. The highest BCUT2D eigenvalue weighted by Crippen LogP contribution is 2.14. The van der Waals surface area contributed by atoms with Crippen LogP contribution in [0.15, 0.2) is 30.3 Å². The molecular formula is C13H15IO4. The highest BCUT2D eigenvalue weighted by molar-refractivity contribution is 14.2. The topological polar surface area (TPSA) is 52.6 Å². The van der Waals surface area contributed by atoms with Crippen molar-refractivity contribution < 1.29 is 19.1 Å². The molecule has 98 valence electrons. The van der Waals surface area contributed by atoms with Gasteiger partial charge in [0.25, 0.3) is 0 Å². The summed E-state index contributed by atoms with van der Waals surface area (Å²) in [4.78, 5) is 23.5. The van der Waals surface area contributed by atoms with Gasteiger partial charge in [0.1, 0.15) is 0 Å². The highest BCUT2D eigenvalue weighted by atomic mass is 127. The maximum atomic E-state index is 11.7. The van der Waals surface area contributed by atoms with Gasteiger partial charge in [-0.3, -0.25) is 0 Å². The predicted octanol–water partition coefficient (Wildman–Crippen LogP) is 2.13. The molecule has 1 aromatic carbocycles. The van der Waals surface area contributed by atoms with Crippen molar-refractivity contribution in [3.63, 3.8) is 0 Å². The number of carbonyl (C=O) groups excluding carboxylic acids is 2. The Hall–Kier alpha value is -1.24. The zero-order valence-electron chi connectivity index (χ0n) is 10.3. The van der Waals surface area contributed by atoms with Crippen LogP contribution in [0.3, 0.4) is 0 Å². The maximum Gasteiger partial charge on any atom is 0.351 e. The van der Waals surface area contributed by atoms with Crippen LogP contribution in [0.5, 0.6) is 0 Å². The lowest BCUT2D eigenvalue weighted by molar-refractivity contribution is -0.139. The molecular weight excluding hydrogens is 347 g/mol. The Kier molecular flexibility index (Phi) is 6.56. The molecule has 0 radical (unpaired) electrons. The minimum absolute atomic E-state index is 0.142. The third-order valence-corrected chi connectivity index (χ3v) is 4.61. The molecule has 5 heteroatoms. The number of carbonyl (C=O) groups is 2. The van der Waals surface area contributed by atoms with Gasteiger partial charge in [0.2, 0.25) is 0 Å². The van der Waals surface area contributed by atoms with Gasteiger partial charge in [-0.25, -0.2) is 9.59 Å². The molecule has 0 amide bonds. The van der Waals surface area contributed by atoms with Crippen molar-refractivity contribution in [2.75, 3.05) is 13.2 Å². The molecule has 0 bridgehead atoms. The van der Waals surface area contributed by atoms with E-state index < -0.39 is 32.7 Å². The van der Waals surface area contributed by atoms with E-state index in [1.165, 1.54) is 0 Å². The first kappa shape index (κ1) is 14.8. The van der Waals surface area contributed by atoms with E-state index in [0.29, 0.717) is 0 Å². The number of ether oxygens (including phenoxy) is 2. The molecule has 18 heavy (non-hydrogen) atoms. The second-order valence-corrected chi connectivity index (χ2v) is 6.01. The Bertz CT molecular complexity index is 420. The van der Waals surface area contributed by atoms with Crippen LogP contribution < -0.4 is 0 Å². The monoisotopic (exact) mass is 362 g/mol. The summed E-state index contributed by atoms with van der Waals surface area (Å²) in [7, 11) is 0. The zero-order chi connectivity index (χ0) is 13.4. The zero-order valence-corrected chi connectivity index (χ0v) is 12.5.